The molecule has 0 aliphatic carbocycles. The zero-order chi connectivity index (χ0) is 11.4. The van der Waals surface area contributed by atoms with Crippen LogP contribution in [0.4, 0.5) is 5.69 Å². The van der Waals surface area contributed by atoms with Crippen LogP contribution in [0, 0.1) is 0 Å². The van der Waals surface area contributed by atoms with E-state index in [4.69, 9.17) is 22.1 Å². The zero-order valence-corrected chi connectivity index (χ0v) is 9.32. The zero-order valence-electron chi connectivity index (χ0n) is 8.56. The van der Waals surface area contributed by atoms with E-state index in [9.17, 15) is 0 Å². The van der Waals surface area contributed by atoms with Crippen molar-refractivity contribution in [3.63, 3.8) is 0 Å². The summed E-state index contributed by atoms with van der Waals surface area (Å²) in [6, 6.07) is 10.8. The smallest absolute Gasteiger partial charge is 0.142 e. The largest absolute Gasteiger partial charge is 0.485 e. The molecule has 0 unspecified atom stereocenters. The van der Waals surface area contributed by atoms with Gasteiger partial charge in [-0.3, -0.25) is 4.98 Å². The fourth-order valence-electron chi connectivity index (χ4n) is 1.29. The van der Waals surface area contributed by atoms with E-state index in [1.807, 2.05) is 18.2 Å². The Kier molecular flexibility index (Phi) is 3.27. The van der Waals surface area contributed by atoms with Crippen LogP contribution in [-0.2, 0) is 6.61 Å². The van der Waals surface area contributed by atoms with E-state index in [1.165, 1.54) is 0 Å². The van der Waals surface area contributed by atoms with Crippen molar-refractivity contribution in [3.05, 3.63) is 53.3 Å². The summed E-state index contributed by atoms with van der Waals surface area (Å²) < 4.78 is 5.53. The summed E-state index contributed by atoms with van der Waals surface area (Å²) >= 11 is 5.84. The number of benzene rings is 1. The number of ether oxygens (including phenoxy) is 1. The van der Waals surface area contributed by atoms with Crippen molar-refractivity contribution >= 4 is 17.3 Å². The number of nitrogen functional groups attached to an aromatic ring is 1. The fraction of sp³-hybridized carbons (Fsp3) is 0.0833. The maximum Gasteiger partial charge on any atom is 0.142 e. The van der Waals surface area contributed by atoms with Crippen molar-refractivity contribution < 1.29 is 4.74 Å². The summed E-state index contributed by atoms with van der Waals surface area (Å²) in [6.45, 7) is 0.356. The van der Waals surface area contributed by atoms with Gasteiger partial charge in [0.2, 0.25) is 0 Å². The Hall–Kier alpha value is -1.74. The van der Waals surface area contributed by atoms with Gasteiger partial charge >= 0.3 is 0 Å². The molecule has 0 spiro atoms. The minimum atomic E-state index is 0.356. The fourth-order valence-corrected chi connectivity index (χ4v) is 1.47. The highest BCUT2D eigenvalue weighted by molar-refractivity contribution is 6.30. The summed E-state index contributed by atoms with van der Waals surface area (Å²) in [6.07, 6.45) is 1.65. The molecule has 4 heteroatoms. The van der Waals surface area contributed by atoms with Gasteiger partial charge < -0.3 is 10.5 Å². The molecular weight excluding hydrogens is 224 g/mol. The van der Waals surface area contributed by atoms with Gasteiger partial charge in [0.15, 0.2) is 0 Å². The van der Waals surface area contributed by atoms with Gasteiger partial charge in [0.05, 0.1) is 11.4 Å². The summed E-state index contributed by atoms with van der Waals surface area (Å²) in [4.78, 5) is 4.13. The molecule has 1 heterocycles. The summed E-state index contributed by atoms with van der Waals surface area (Å²) in [7, 11) is 0. The van der Waals surface area contributed by atoms with Crippen LogP contribution in [0.1, 0.15) is 5.69 Å². The summed E-state index contributed by atoms with van der Waals surface area (Å²) in [5.74, 6) is 0.657. The first-order valence-electron chi connectivity index (χ1n) is 4.83. The molecule has 1 aromatic heterocycles. The van der Waals surface area contributed by atoms with Gasteiger partial charge in [0.1, 0.15) is 12.4 Å². The molecule has 16 heavy (non-hydrogen) atoms. The Morgan fingerprint density at radius 3 is 2.81 bits per heavy atom. The molecule has 0 fully saturated rings. The van der Waals surface area contributed by atoms with Crippen molar-refractivity contribution in [1.82, 2.24) is 4.98 Å². The van der Waals surface area contributed by atoms with Crippen LogP contribution in [-0.4, -0.2) is 4.98 Å². The van der Waals surface area contributed by atoms with E-state index in [1.54, 1.807) is 24.4 Å². The van der Waals surface area contributed by atoms with Gasteiger partial charge in [0, 0.05) is 11.2 Å². The Morgan fingerprint density at radius 1 is 1.25 bits per heavy atom. The van der Waals surface area contributed by atoms with Crippen molar-refractivity contribution in [3.8, 4) is 5.75 Å². The van der Waals surface area contributed by atoms with Crippen molar-refractivity contribution in [1.29, 1.82) is 0 Å². The number of pyridine rings is 1. The monoisotopic (exact) mass is 234 g/mol. The maximum atomic E-state index is 5.84. The first kappa shape index (κ1) is 10.8. The topological polar surface area (TPSA) is 48.1 Å². The third-order valence-electron chi connectivity index (χ3n) is 2.07. The molecule has 0 aliphatic rings. The van der Waals surface area contributed by atoms with Gasteiger partial charge in [-0.1, -0.05) is 23.7 Å². The molecule has 2 N–H and O–H groups in total. The SMILES string of the molecule is Nc1ccccc1OCc1cc(Cl)ccn1. The average molecular weight is 235 g/mol. The predicted octanol–water partition coefficient (Wildman–Crippen LogP) is 2.90. The van der Waals surface area contributed by atoms with Gasteiger partial charge in [-0.05, 0) is 24.3 Å². The molecular formula is C12H11ClN2O. The van der Waals surface area contributed by atoms with Crippen LogP contribution < -0.4 is 10.5 Å². The molecule has 0 bridgehead atoms. The van der Waals surface area contributed by atoms with Crippen molar-refractivity contribution in [2.45, 2.75) is 6.61 Å². The number of halogens is 1. The number of para-hydroxylation sites is 2. The highest BCUT2D eigenvalue weighted by Gasteiger charge is 2.00. The minimum absolute atomic E-state index is 0.356. The molecule has 0 atom stereocenters. The van der Waals surface area contributed by atoms with Crippen molar-refractivity contribution in [2.75, 3.05) is 5.73 Å². The van der Waals surface area contributed by atoms with E-state index < -0.39 is 0 Å². The third-order valence-corrected chi connectivity index (χ3v) is 2.31. The molecule has 0 saturated heterocycles. The second-order valence-electron chi connectivity index (χ2n) is 3.29. The maximum absolute atomic E-state index is 5.84. The molecule has 1 aromatic carbocycles. The van der Waals surface area contributed by atoms with Crippen molar-refractivity contribution in [2.24, 2.45) is 0 Å². The quantitative estimate of drug-likeness (QED) is 0.831. The number of nitrogens with two attached hydrogens (primary N) is 1. The van der Waals surface area contributed by atoms with Gasteiger partial charge in [-0.2, -0.15) is 0 Å². The average Bonchev–Trinajstić information content (AvgIpc) is 2.28. The Labute approximate surface area is 98.8 Å². The van der Waals surface area contributed by atoms with Gasteiger partial charge in [-0.15, -0.1) is 0 Å². The standard InChI is InChI=1S/C12H11ClN2O/c13-9-5-6-15-10(7-9)8-16-12-4-2-1-3-11(12)14/h1-7H,8,14H2. The lowest BCUT2D eigenvalue weighted by Crippen LogP contribution is -2.00. The second-order valence-corrected chi connectivity index (χ2v) is 3.73. The number of hydrogen-bond donors (Lipinski definition) is 1. The molecule has 0 aliphatic heterocycles. The van der Waals surface area contributed by atoms with E-state index in [-0.39, 0.29) is 0 Å². The minimum Gasteiger partial charge on any atom is -0.485 e. The van der Waals surface area contributed by atoms with E-state index in [0.717, 1.165) is 5.69 Å². The lowest BCUT2D eigenvalue weighted by atomic mass is 10.3. The number of hydrogen-bond acceptors (Lipinski definition) is 3. The highest BCUT2D eigenvalue weighted by atomic mass is 35.5. The summed E-state index contributed by atoms with van der Waals surface area (Å²) in [5, 5.41) is 0.648. The Bertz CT molecular complexity index is 488. The number of aromatic nitrogens is 1. The van der Waals surface area contributed by atoms with E-state index in [2.05, 4.69) is 4.98 Å². The van der Waals surface area contributed by atoms with E-state index in [0.29, 0.717) is 23.1 Å². The van der Waals surface area contributed by atoms with Crippen LogP contribution in [0.15, 0.2) is 42.6 Å². The highest BCUT2D eigenvalue weighted by Crippen LogP contribution is 2.21. The van der Waals surface area contributed by atoms with Crippen LogP contribution in [0.25, 0.3) is 0 Å². The lowest BCUT2D eigenvalue weighted by molar-refractivity contribution is 0.303. The second kappa shape index (κ2) is 4.86. The number of anilines is 1. The molecule has 2 rings (SSSR count). The molecule has 82 valence electrons. The van der Waals surface area contributed by atoms with Crippen LogP contribution in [0.5, 0.6) is 5.75 Å². The first-order chi connectivity index (χ1) is 7.75. The molecule has 0 saturated carbocycles. The van der Waals surface area contributed by atoms with Gasteiger partial charge in [0.25, 0.3) is 0 Å². The first-order valence-corrected chi connectivity index (χ1v) is 5.21. The molecule has 0 amide bonds. The predicted molar refractivity (Wildman–Crippen MR) is 64.4 cm³/mol. The van der Waals surface area contributed by atoms with Gasteiger partial charge in [-0.25, -0.2) is 0 Å². The van der Waals surface area contributed by atoms with Crippen LogP contribution in [0.3, 0.4) is 0 Å². The number of rotatable bonds is 3. The molecule has 2 aromatic rings. The Morgan fingerprint density at radius 2 is 2.06 bits per heavy atom. The van der Waals surface area contributed by atoms with Crippen LogP contribution >= 0.6 is 11.6 Å². The third kappa shape index (κ3) is 2.64. The molecule has 3 nitrogen and oxygen atoms in total. The Balaban J connectivity index is 2.05. The molecule has 0 radical (unpaired) electrons. The van der Waals surface area contributed by atoms with Crippen LogP contribution in [0.2, 0.25) is 5.02 Å². The number of nitrogens with zero attached hydrogens (tertiary/aromatic N) is 1. The summed E-state index contributed by atoms with van der Waals surface area (Å²) in [5.41, 5.74) is 7.13. The normalized spacial score (nSPS) is 10.1. The van der Waals surface area contributed by atoms with E-state index >= 15 is 0 Å². The lowest BCUT2D eigenvalue weighted by Gasteiger charge is -2.07.